The lowest BCUT2D eigenvalue weighted by Gasteiger charge is -2.16. The number of benzene rings is 2. The SMILES string of the molecule is Cc1cc(Oc2cc(Br)ccc2C(F)(F)F)c(C)cc1N. The fourth-order valence-corrected chi connectivity index (χ4v) is 2.20. The molecule has 6 heteroatoms. The summed E-state index contributed by atoms with van der Waals surface area (Å²) in [6.45, 7) is 3.50. The van der Waals surface area contributed by atoms with E-state index in [2.05, 4.69) is 15.9 Å². The zero-order valence-corrected chi connectivity index (χ0v) is 13.0. The van der Waals surface area contributed by atoms with Gasteiger partial charge in [-0.2, -0.15) is 13.2 Å². The average Bonchev–Trinajstić information content (AvgIpc) is 2.34. The van der Waals surface area contributed by atoms with Crippen molar-refractivity contribution < 1.29 is 17.9 Å². The number of anilines is 1. The Bertz CT molecular complexity index is 683. The predicted molar refractivity (Wildman–Crippen MR) is 79.5 cm³/mol. The molecule has 0 aliphatic rings. The molecule has 0 unspecified atom stereocenters. The number of hydrogen-bond donors (Lipinski definition) is 1. The van der Waals surface area contributed by atoms with E-state index in [1.54, 1.807) is 26.0 Å². The van der Waals surface area contributed by atoms with Crippen LogP contribution in [0.1, 0.15) is 16.7 Å². The molecule has 0 saturated carbocycles. The molecular formula is C15H13BrF3NO. The number of hydrogen-bond acceptors (Lipinski definition) is 2. The Morgan fingerprint density at radius 3 is 2.29 bits per heavy atom. The molecule has 2 rings (SSSR count). The molecule has 0 spiro atoms. The maximum Gasteiger partial charge on any atom is 0.419 e. The van der Waals surface area contributed by atoms with E-state index < -0.39 is 11.7 Å². The number of nitrogen functional groups attached to an aromatic ring is 1. The van der Waals surface area contributed by atoms with Gasteiger partial charge in [-0.3, -0.25) is 0 Å². The molecule has 2 N–H and O–H groups in total. The first-order valence-electron chi connectivity index (χ1n) is 6.10. The van der Waals surface area contributed by atoms with Crippen LogP contribution in [0.4, 0.5) is 18.9 Å². The second-order valence-corrected chi connectivity index (χ2v) is 5.63. The Hall–Kier alpha value is -1.69. The first-order valence-corrected chi connectivity index (χ1v) is 6.89. The molecule has 0 atom stereocenters. The summed E-state index contributed by atoms with van der Waals surface area (Å²) in [5.41, 5.74) is 6.94. The average molecular weight is 360 g/mol. The monoisotopic (exact) mass is 359 g/mol. The number of aryl methyl sites for hydroxylation is 2. The molecule has 2 aromatic carbocycles. The second-order valence-electron chi connectivity index (χ2n) is 4.71. The molecule has 0 aromatic heterocycles. The van der Waals surface area contributed by atoms with E-state index in [0.29, 0.717) is 21.5 Å². The molecule has 0 aliphatic heterocycles. The fourth-order valence-electron chi connectivity index (χ4n) is 1.86. The lowest BCUT2D eigenvalue weighted by atomic mass is 10.1. The van der Waals surface area contributed by atoms with Crippen molar-refractivity contribution in [3.63, 3.8) is 0 Å². The second kappa shape index (κ2) is 5.60. The van der Waals surface area contributed by atoms with Crippen molar-refractivity contribution in [3.05, 3.63) is 51.5 Å². The lowest BCUT2D eigenvalue weighted by Crippen LogP contribution is -2.07. The highest BCUT2D eigenvalue weighted by atomic mass is 79.9. The van der Waals surface area contributed by atoms with Crippen LogP contribution in [0.3, 0.4) is 0 Å². The quantitative estimate of drug-likeness (QED) is 0.722. The molecule has 0 heterocycles. The van der Waals surface area contributed by atoms with E-state index in [1.807, 2.05) is 0 Å². The van der Waals surface area contributed by atoms with Crippen LogP contribution in [0.25, 0.3) is 0 Å². The van der Waals surface area contributed by atoms with Gasteiger partial charge in [-0.05, 0) is 55.3 Å². The summed E-state index contributed by atoms with van der Waals surface area (Å²) < 4.78 is 45.0. The highest BCUT2D eigenvalue weighted by Crippen LogP contribution is 2.40. The summed E-state index contributed by atoms with van der Waals surface area (Å²) in [5, 5.41) is 0. The number of rotatable bonds is 2. The van der Waals surface area contributed by atoms with E-state index in [4.69, 9.17) is 10.5 Å². The van der Waals surface area contributed by atoms with Crippen LogP contribution in [0.15, 0.2) is 34.8 Å². The minimum absolute atomic E-state index is 0.246. The maximum atomic E-state index is 13.0. The van der Waals surface area contributed by atoms with E-state index in [9.17, 15) is 13.2 Å². The van der Waals surface area contributed by atoms with Crippen molar-refractivity contribution in [1.82, 2.24) is 0 Å². The standard InChI is InChI=1S/C15H13BrF3NO/c1-8-6-13(9(2)5-12(8)20)21-14-7-10(16)3-4-11(14)15(17,18)19/h3-7H,20H2,1-2H3. The molecule has 2 nitrogen and oxygen atoms in total. The molecular weight excluding hydrogens is 347 g/mol. The van der Waals surface area contributed by atoms with Gasteiger partial charge >= 0.3 is 6.18 Å². The predicted octanol–water partition coefficient (Wildman–Crippen LogP) is 5.46. The van der Waals surface area contributed by atoms with Gasteiger partial charge in [0.05, 0.1) is 5.56 Å². The molecule has 0 amide bonds. The molecule has 112 valence electrons. The Morgan fingerprint density at radius 2 is 1.67 bits per heavy atom. The van der Waals surface area contributed by atoms with E-state index >= 15 is 0 Å². The third-order valence-electron chi connectivity index (χ3n) is 3.03. The molecule has 0 fully saturated rings. The van der Waals surface area contributed by atoms with E-state index in [0.717, 1.165) is 11.6 Å². The van der Waals surface area contributed by atoms with Crippen LogP contribution in [-0.4, -0.2) is 0 Å². The van der Waals surface area contributed by atoms with Gasteiger partial charge in [0.1, 0.15) is 11.5 Å². The summed E-state index contributed by atoms with van der Waals surface area (Å²) in [7, 11) is 0. The van der Waals surface area contributed by atoms with Crippen LogP contribution in [0.2, 0.25) is 0 Å². The number of nitrogens with two attached hydrogens (primary N) is 1. The highest BCUT2D eigenvalue weighted by molar-refractivity contribution is 9.10. The van der Waals surface area contributed by atoms with Crippen molar-refractivity contribution in [2.45, 2.75) is 20.0 Å². The van der Waals surface area contributed by atoms with Crippen molar-refractivity contribution in [3.8, 4) is 11.5 Å². The fraction of sp³-hybridized carbons (Fsp3) is 0.200. The maximum absolute atomic E-state index is 13.0. The zero-order chi connectivity index (χ0) is 15.8. The molecule has 0 bridgehead atoms. The van der Waals surface area contributed by atoms with Gasteiger partial charge in [0.15, 0.2) is 0 Å². The van der Waals surface area contributed by atoms with E-state index in [-0.39, 0.29) is 5.75 Å². The number of alkyl halides is 3. The Morgan fingerprint density at radius 1 is 1.00 bits per heavy atom. The minimum Gasteiger partial charge on any atom is -0.456 e. The molecule has 0 aliphatic carbocycles. The Balaban J connectivity index is 2.49. The van der Waals surface area contributed by atoms with Crippen molar-refractivity contribution in [2.75, 3.05) is 5.73 Å². The first kappa shape index (κ1) is 15.7. The van der Waals surface area contributed by atoms with Crippen LogP contribution < -0.4 is 10.5 Å². The third kappa shape index (κ3) is 3.50. The normalized spacial score (nSPS) is 11.5. The van der Waals surface area contributed by atoms with Crippen LogP contribution >= 0.6 is 15.9 Å². The highest BCUT2D eigenvalue weighted by Gasteiger charge is 2.34. The number of ether oxygens (including phenoxy) is 1. The topological polar surface area (TPSA) is 35.2 Å². The van der Waals surface area contributed by atoms with Crippen molar-refractivity contribution >= 4 is 21.6 Å². The summed E-state index contributed by atoms with van der Waals surface area (Å²) in [6, 6.07) is 6.92. The summed E-state index contributed by atoms with van der Waals surface area (Å²) >= 11 is 3.15. The van der Waals surface area contributed by atoms with E-state index in [1.165, 1.54) is 12.1 Å². The Labute approximate surface area is 128 Å². The van der Waals surface area contributed by atoms with Crippen LogP contribution in [0, 0.1) is 13.8 Å². The van der Waals surface area contributed by atoms with Gasteiger partial charge in [0, 0.05) is 10.2 Å². The molecule has 21 heavy (non-hydrogen) atoms. The van der Waals surface area contributed by atoms with Crippen molar-refractivity contribution in [2.24, 2.45) is 0 Å². The lowest BCUT2D eigenvalue weighted by molar-refractivity contribution is -0.138. The zero-order valence-electron chi connectivity index (χ0n) is 11.4. The smallest absolute Gasteiger partial charge is 0.419 e. The third-order valence-corrected chi connectivity index (χ3v) is 3.53. The van der Waals surface area contributed by atoms with Gasteiger partial charge < -0.3 is 10.5 Å². The van der Waals surface area contributed by atoms with Gasteiger partial charge in [-0.25, -0.2) is 0 Å². The summed E-state index contributed by atoms with van der Waals surface area (Å²) in [4.78, 5) is 0. The van der Waals surface area contributed by atoms with Crippen LogP contribution in [0.5, 0.6) is 11.5 Å². The minimum atomic E-state index is -4.48. The molecule has 0 saturated heterocycles. The Kier molecular flexibility index (Phi) is 4.18. The largest absolute Gasteiger partial charge is 0.456 e. The summed E-state index contributed by atoms with van der Waals surface area (Å²) in [6.07, 6.45) is -4.48. The summed E-state index contributed by atoms with van der Waals surface area (Å²) in [5.74, 6) is 0.106. The van der Waals surface area contributed by atoms with Crippen LogP contribution in [-0.2, 0) is 6.18 Å². The van der Waals surface area contributed by atoms with Gasteiger partial charge in [-0.1, -0.05) is 15.9 Å². The van der Waals surface area contributed by atoms with Gasteiger partial charge in [-0.15, -0.1) is 0 Å². The van der Waals surface area contributed by atoms with Gasteiger partial charge in [0.25, 0.3) is 0 Å². The van der Waals surface area contributed by atoms with Crippen molar-refractivity contribution in [1.29, 1.82) is 0 Å². The molecule has 0 radical (unpaired) electrons. The first-order chi connectivity index (χ1) is 9.68. The molecule has 2 aromatic rings. The van der Waals surface area contributed by atoms with Gasteiger partial charge in [0.2, 0.25) is 0 Å². The number of halogens is 4.